The third kappa shape index (κ3) is 1.90. The summed E-state index contributed by atoms with van der Waals surface area (Å²) in [6, 6.07) is 7.77. The van der Waals surface area contributed by atoms with Crippen molar-refractivity contribution in [2.24, 2.45) is 0 Å². The first-order valence-electron chi connectivity index (χ1n) is 4.39. The molecular weight excluding hydrogens is 246 g/mol. The largest absolute Gasteiger partial charge is 0.470 e. The quantitative estimate of drug-likeness (QED) is 0.661. The van der Waals surface area contributed by atoms with E-state index in [-0.39, 0.29) is 12.1 Å². The maximum Gasteiger partial charge on any atom is 0.228 e. The molecule has 1 saturated heterocycles. The van der Waals surface area contributed by atoms with Crippen LogP contribution in [0.5, 0.6) is 5.75 Å². The lowest BCUT2D eigenvalue weighted by Crippen LogP contribution is -2.51. The molecule has 1 N–H and O–H groups in total. The van der Waals surface area contributed by atoms with Crippen LogP contribution in [0.25, 0.3) is 0 Å². The van der Waals surface area contributed by atoms with E-state index in [4.69, 9.17) is 4.74 Å². The molecule has 0 aromatic heterocycles. The van der Waals surface area contributed by atoms with Crippen LogP contribution >= 0.6 is 15.9 Å². The molecule has 1 aromatic carbocycles. The maximum atomic E-state index is 10.7. The minimum Gasteiger partial charge on any atom is -0.470 e. The number of halogens is 1. The van der Waals surface area contributed by atoms with Crippen molar-refractivity contribution < 1.29 is 9.53 Å². The lowest BCUT2D eigenvalue weighted by molar-refractivity contribution is -0.134. The molecule has 14 heavy (non-hydrogen) atoms. The number of alkyl halides is 1. The number of rotatable bonds is 3. The van der Waals surface area contributed by atoms with Gasteiger partial charge in [0.15, 0.2) is 6.23 Å². The van der Waals surface area contributed by atoms with E-state index in [1.807, 2.05) is 24.3 Å². The normalized spacial score (nSPS) is 19.8. The maximum absolute atomic E-state index is 10.7. The standard InChI is InChI=1S/C10H10BrNO2/c11-6-7-3-1-2-4-8(7)14-10-5-9(13)12-10/h1-4,10H,5-6H2,(H,12,13)/t10-/m0/s1. The van der Waals surface area contributed by atoms with Crippen LogP contribution < -0.4 is 10.1 Å². The summed E-state index contributed by atoms with van der Waals surface area (Å²) in [5, 5.41) is 3.42. The Kier molecular flexibility index (Phi) is 2.72. The summed E-state index contributed by atoms with van der Waals surface area (Å²) in [6.45, 7) is 0. The number of hydrogen-bond acceptors (Lipinski definition) is 2. The highest BCUT2D eigenvalue weighted by Gasteiger charge is 2.27. The number of benzene rings is 1. The number of para-hydroxylation sites is 1. The summed E-state index contributed by atoms with van der Waals surface area (Å²) in [7, 11) is 0. The van der Waals surface area contributed by atoms with E-state index in [2.05, 4.69) is 21.2 Å². The zero-order valence-corrected chi connectivity index (χ0v) is 9.08. The number of nitrogens with one attached hydrogen (secondary N) is 1. The second-order valence-electron chi connectivity index (χ2n) is 3.12. The molecule has 74 valence electrons. The Morgan fingerprint density at radius 3 is 2.86 bits per heavy atom. The van der Waals surface area contributed by atoms with Crippen molar-refractivity contribution in [3.8, 4) is 5.75 Å². The van der Waals surface area contributed by atoms with Crippen LogP contribution in [0.2, 0.25) is 0 Å². The van der Waals surface area contributed by atoms with Crippen LogP contribution in [0.4, 0.5) is 0 Å². The molecule has 0 aliphatic carbocycles. The van der Waals surface area contributed by atoms with Crippen LogP contribution in [-0.4, -0.2) is 12.1 Å². The van der Waals surface area contributed by atoms with E-state index in [1.165, 1.54) is 0 Å². The summed E-state index contributed by atoms with van der Waals surface area (Å²) < 4.78 is 5.58. The smallest absolute Gasteiger partial charge is 0.228 e. The summed E-state index contributed by atoms with van der Waals surface area (Å²) in [6.07, 6.45) is 0.305. The molecule has 0 saturated carbocycles. The summed E-state index contributed by atoms with van der Waals surface area (Å²) >= 11 is 3.38. The van der Waals surface area contributed by atoms with E-state index in [1.54, 1.807) is 0 Å². The summed E-state index contributed by atoms with van der Waals surface area (Å²) in [4.78, 5) is 10.7. The lowest BCUT2D eigenvalue weighted by Gasteiger charge is -2.28. The van der Waals surface area contributed by atoms with Gasteiger partial charge in [0.2, 0.25) is 5.91 Å². The van der Waals surface area contributed by atoms with E-state index < -0.39 is 0 Å². The SMILES string of the molecule is O=C1C[C@H](Oc2ccccc2CBr)N1. The highest BCUT2D eigenvalue weighted by Crippen LogP contribution is 2.23. The minimum absolute atomic E-state index is 0.0475. The molecule has 0 bridgehead atoms. The Balaban J connectivity index is 2.04. The zero-order chi connectivity index (χ0) is 9.97. The fourth-order valence-electron chi connectivity index (χ4n) is 1.28. The molecule has 1 amide bonds. The first-order valence-corrected chi connectivity index (χ1v) is 5.51. The third-order valence-electron chi connectivity index (χ3n) is 2.08. The van der Waals surface area contributed by atoms with Crippen molar-refractivity contribution in [1.82, 2.24) is 5.32 Å². The Morgan fingerprint density at radius 2 is 2.21 bits per heavy atom. The van der Waals surface area contributed by atoms with Crippen molar-refractivity contribution in [3.63, 3.8) is 0 Å². The molecular formula is C10H10BrNO2. The highest BCUT2D eigenvalue weighted by atomic mass is 79.9. The van der Waals surface area contributed by atoms with Gasteiger partial charge in [0.25, 0.3) is 0 Å². The van der Waals surface area contributed by atoms with Gasteiger partial charge in [-0.05, 0) is 6.07 Å². The number of amides is 1. The molecule has 2 rings (SSSR count). The molecule has 1 heterocycles. The second kappa shape index (κ2) is 4.00. The van der Waals surface area contributed by atoms with Gasteiger partial charge in [-0.25, -0.2) is 0 Å². The van der Waals surface area contributed by atoms with Gasteiger partial charge in [-0.3, -0.25) is 4.79 Å². The zero-order valence-electron chi connectivity index (χ0n) is 7.50. The number of ether oxygens (including phenoxy) is 1. The van der Waals surface area contributed by atoms with Gasteiger partial charge in [0.05, 0.1) is 6.42 Å². The molecule has 1 fully saturated rings. The van der Waals surface area contributed by atoms with Gasteiger partial charge in [-0.15, -0.1) is 0 Å². The molecule has 1 atom stereocenters. The molecule has 1 aliphatic rings. The second-order valence-corrected chi connectivity index (χ2v) is 3.68. The number of hydrogen-bond donors (Lipinski definition) is 1. The average Bonchev–Trinajstić information content (AvgIpc) is 2.16. The predicted molar refractivity (Wildman–Crippen MR) is 56.2 cm³/mol. The first kappa shape index (κ1) is 9.52. The van der Waals surface area contributed by atoms with Gasteiger partial charge in [-0.2, -0.15) is 0 Å². The molecule has 1 aromatic rings. The fraction of sp³-hybridized carbons (Fsp3) is 0.300. The van der Waals surface area contributed by atoms with Gasteiger partial charge < -0.3 is 10.1 Å². The Labute approximate surface area is 90.6 Å². The first-order chi connectivity index (χ1) is 6.79. The van der Waals surface area contributed by atoms with E-state index in [9.17, 15) is 4.79 Å². The molecule has 4 heteroatoms. The van der Waals surface area contributed by atoms with Gasteiger partial charge in [-0.1, -0.05) is 34.1 Å². The lowest BCUT2D eigenvalue weighted by atomic mass is 10.2. The van der Waals surface area contributed by atoms with Gasteiger partial charge in [0, 0.05) is 10.9 Å². The molecule has 1 aliphatic heterocycles. The van der Waals surface area contributed by atoms with Crippen molar-refractivity contribution >= 4 is 21.8 Å². The molecule has 0 unspecified atom stereocenters. The van der Waals surface area contributed by atoms with Gasteiger partial charge in [0.1, 0.15) is 5.75 Å². The number of β-lactam (4-membered cyclic amide) rings is 1. The Bertz CT molecular complexity index is 346. The van der Waals surface area contributed by atoms with E-state index >= 15 is 0 Å². The van der Waals surface area contributed by atoms with E-state index in [0.29, 0.717) is 6.42 Å². The molecule has 0 radical (unpaired) electrons. The number of carbonyl (C=O) groups excluding carboxylic acids is 1. The van der Waals surface area contributed by atoms with Crippen molar-refractivity contribution in [2.45, 2.75) is 18.0 Å². The summed E-state index contributed by atoms with van der Waals surface area (Å²) in [5.41, 5.74) is 1.09. The van der Waals surface area contributed by atoms with E-state index in [0.717, 1.165) is 16.6 Å². The van der Waals surface area contributed by atoms with Crippen LogP contribution in [-0.2, 0) is 10.1 Å². The number of carbonyl (C=O) groups is 1. The Hall–Kier alpha value is -1.03. The van der Waals surface area contributed by atoms with Crippen molar-refractivity contribution in [3.05, 3.63) is 29.8 Å². The highest BCUT2D eigenvalue weighted by molar-refractivity contribution is 9.08. The topological polar surface area (TPSA) is 38.3 Å². The minimum atomic E-state index is -0.150. The van der Waals surface area contributed by atoms with Crippen LogP contribution in [0.3, 0.4) is 0 Å². The molecule has 3 nitrogen and oxygen atoms in total. The van der Waals surface area contributed by atoms with Crippen molar-refractivity contribution in [2.75, 3.05) is 0 Å². The summed E-state index contributed by atoms with van der Waals surface area (Å²) in [5.74, 6) is 0.876. The van der Waals surface area contributed by atoms with Gasteiger partial charge >= 0.3 is 0 Å². The average molecular weight is 256 g/mol. The molecule has 0 spiro atoms. The monoisotopic (exact) mass is 255 g/mol. The Morgan fingerprint density at radius 1 is 1.50 bits per heavy atom. The fourth-order valence-corrected chi connectivity index (χ4v) is 1.74. The van der Waals surface area contributed by atoms with Crippen LogP contribution in [0, 0.1) is 0 Å². The predicted octanol–water partition coefficient (Wildman–Crippen LogP) is 1.81. The third-order valence-corrected chi connectivity index (χ3v) is 2.68. The van der Waals surface area contributed by atoms with Crippen molar-refractivity contribution in [1.29, 1.82) is 0 Å². The van der Waals surface area contributed by atoms with Crippen LogP contribution in [0.15, 0.2) is 24.3 Å². The van der Waals surface area contributed by atoms with Crippen LogP contribution in [0.1, 0.15) is 12.0 Å².